The standard InChI is InChI=1S/C16H22N4S/c1-12-5-7-14(8-6-12)15(20-9-3-4-10-20)11-17-16-19-18-13(2)21-16/h5-8,15H,3-4,9-11H2,1-2H3,(H,17,19)/t15-/m1/s1. The second-order valence-corrected chi connectivity index (χ2v) is 6.86. The smallest absolute Gasteiger partial charge is 0.205 e. The first-order valence-electron chi connectivity index (χ1n) is 7.57. The zero-order chi connectivity index (χ0) is 14.7. The molecule has 21 heavy (non-hydrogen) atoms. The summed E-state index contributed by atoms with van der Waals surface area (Å²) in [5.74, 6) is 0. The zero-order valence-electron chi connectivity index (χ0n) is 12.7. The second kappa shape index (κ2) is 6.54. The molecule has 1 fully saturated rings. The Morgan fingerprint density at radius 3 is 2.48 bits per heavy atom. The lowest BCUT2D eigenvalue weighted by molar-refractivity contribution is 0.256. The lowest BCUT2D eigenvalue weighted by Crippen LogP contribution is -2.31. The van der Waals surface area contributed by atoms with E-state index in [2.05, 4.69) is 51.6 Å². The number of aromatic nitrogens is 2. The van der Waals surface area contributed by atoms with E-state index < -0.39 is 0 Å². The molecule has 1 N–H and O–H groups in total. The Bertz CT molecular complexity index is 572. The van der Waals surface area contributed by atoms with Crippen LogP contribution < -0.4 is 5.32 Å². The molecular formula is C16H22N4S. The van der Waals surface area contributed by atoms with Gasteiger partial charge in [-0.3, -0.25) is 4.90 Å². The number of nitrogens with zero attached hydrogens (tertiary/aromatic N) is 3. The summed E-state index contributed by atoms with van der Waals surface area (Å²) >= 11 is 1.62. The summed E-state index contributed by atoms with van der Waals surface area (Å²) in [4.78, 5) is 2.57. The number of hydrogen-bond acceptors (Lipinski definition) is 5. The van der Waals surface area contributed by atoms with Gasteiger partial charge in [-0.15, -0.1) is 10.2 Å². The van der Waals surface area contributed by atoms with Crippen molar-refractivity contribution in [3.63, 3.8) is 0 Å². The maximum absolute atomic E-state index is 4.16. The number of hydrogen-bond donors (Lipinski definition) is 1. The van der Waals surface area contributed by atoms with Gasteiger partial charge in [0.2, 0.25) is 5.13 Å². The van der Waals surface area contributed by atoms with Crippen molar-refractivity contribution in [1.29, 1.82) is 0 Å². The van der Waals surface area contributed by atoms with Gasteiger partial charge in [-0.2, -0.15) is 0 Å². The minimum atomic E-state index is 0.414. The fourth-order valence-electron chi connectivity index (χ4n) is 2.85. The summed E-state index contributed by atoms with van der Waals surface area (Å²) in [5, 5.41) is 13.6. The Kier molecular flexibility index (Phi) is 4.51. The Morgan fingerprint density at radius 1 is 1.14 bits per heavy atom. The van der Waals surface area contributed by atoms with Crippen LogP contribution in [0.1, 0.15) is 35.0 Å². The van der Waals surface area contributed by atoms with E-state index in [1.165, 1.54) is 37.1 Å². The predicted octanol–water partition coefficient (Wildman–Crippen LogP) is 3.40. The van der Waals surface area contributed by atoms with Crippen LogP contribution in [-0.2, 0) is 0 Å². The molecule has 2 aromatic rings. The minimum Gasteiger partial charge on any atom is -0.358 e. The van der Waals surface area contributed by atoms with E-state index in [0.29, 0.717) is 6.04 Å². The van der Waals surface area contributed by atoms with Gasteiger partial charge < -0.3 is 5.32 Å². The van der Waals surface area contributed by atoms with E-state index in [0.717, 1.165) is 16.7 Å². The monoisotopic (exact) mass is 302 g/mol. The maximum atomic E-state index is 4.16. The summed E-state index contributed by atoms with van der Waals surface area (Å²) < 4.78 is 0. The number of likely N-dealkylation sites (tertiary alicyclic amines) is 1. The fourth-order valence-corrected chi connectivity index (χ4v) is 3.45. The number of benzene rings is 1. The van der Waals surface area contributed by atoms with Gasteiger partial charge in [-0.25, -0.2) is 0 Å². The molecule has 112 valence electrons. The van der Waals surface area contributed by atoms with Crippen LogP contribution in [0.3, 0.4) is 0 Å². The highest BCUT2D eigenvalue weighted by atomic mass is 32.1. The van der Waals surface area contributed by atoms with Gasteiger partial charge in [-0.1, -0.05) is 41.2 Å². The number of anilines is 1. The van der Waals surface area contributed by atoms with Crippen LogP contribution in [0.5, 0.6) is 0 Å². The Balaban J connectivity index is 1.73. The Hall–Kier alpha value is -1.46. The van der Waals surface area contributed by atoms with Crippen molar-refractivity contribution >= 4 is 16.5 Å². The SMILES string of the molecule is Cc1ccc([C@@H](CNc2nnc(C)s2)N2CCCC2)cc1. The second-order valence-electron chi connectivity index (χ2n) is 5.68. The fraction of sp³-hybridized carbons (Fsp3) is 0.500. The summed E-state index contributed by atoms with van der Waals surface area (Å²) in [5.41, 5.74) is 2.70. The summed E-state index contributed by atoms with van der Waals surface area (Å²) in [6.45, 7) is 7.39. The van der Waals surface area contributed by atoms with Crippen LogP contribution in [0.4, 0.5) is 5.13 Å². The zero-order valence-corrected chi connectivity index (χ0v) is 13.5. The predicted molar refractivity (Wildman–Crippen MR) is 87.9 cm³/mol. The van der Waals surface area contributed by atoms with Crippen LogP contribution in [0.2, 0.25) is 0 Å². The molecule has 0 aliphatic carbocycles. The van der Waals surface area contributed by atoms with Crippen LogP contribution in [-0.4, -0.2) is 34.7 Å². The van der Waals surface area contributed by atoms with Crippen molar-refractivity contribution in [1.82, 2.24) is 15.1 Å². The molecule has 1 aromatic heterocycles. The summed E-state index contributed by atoms with van der Waals surface area (Å²) in [6, 6.07) is 9.33. The third kappa shape index (κ3) is 3.60. The van der Waals surface area contributed by atoms with Crippen molar-refractivity contribution in [2.24, 2.45) is 0 Å². The quantitative estimate of drug-likeness (QED) is 0.919. The highest BCUT2D eigenvalue weighted by Crippen LogP contribution is 2.26. The third-order valence-corrected chi connectivity index (χ3v) is 4.81. The van der Waals surface area contributed by atoms with Gasteiger partial charge in [0, 0.05) is 6.54 Å². The number of aryl methyl sites for hydroxylation is 2. The average Bonchev–Trinajstić information content (AvgIpc) is 3.13. The van der Waals surface area contributed by atoms with Gasteiger partial charge in [0.1, 0.15) is 5.01 Å². The van der Waals surface area contributed by atoms with E-state index in [1.807, 2.05) is 6.92 Å². The molecule has 2 heterocycles. The highest BCUT2D eigenvalue weighted by Gasteiger charge is 2.23. The molecule has 3 rings (SSSR count). The van der Waals surface area contributed by atoms with Gasteiger partial charge in [0.05, 0.1) is 6.04 Å². The van der Waals surface area contributed by atoms with Crippen molar-refractivity contribution in [3.05, 3.63) is 40.4 Å². The highest BCUT2D eigenvalue weighted by molar-refractivity contribution is 7.15. The number of rotatable bonds is 5. The van der Waals surface area contributed by atoms with Crippen LogP contribution in [0.25, 0.3) is 0 Å². The molecule has 1 aromatic carbocycles. The first-order valence-corrected chi connectivity index (χ1v) is 8.38. The molecule has 4 nitrogen and oxygen atoms in total. The molecule has 5 heteroatoms. The van der Waals surface area contributed by atoms with Crippen molar-refractivity contribution in [2.75, 3.05) is 25.0 Å². The molecule has 0 spiro atoms. The van der Waals surface area contributed by atoms with E-state index in [1.54, 1.807) is 11.3 Å². The molecule has 1 saturated heterocycles. The Labute approximate surface area is 130 Å². The van der Waals surface area contributed by atoms with Crippen molar-refractivity contribution in [2.45, 2.75) is 32.7 Å². The van der Waals surface area contributed by atoms with Gasteiger partial charge in [-0.05, 0) is 45.3 Å². The molecule has 0 amide bonds. The molecule has 1 atom stereocenters. The molecule has 0 unspecified atom stereocenters. The third-order valence-electron chi connectivity index (χ3n) is 4.02. The first-order chi connectivity index (χ1) is 10.2. The van der Waals surface area contributed by atoms with Gasteiger partial charge in [0.15, 0.2) is 0 Å². The molecule has 0 saturated carbocycles. The molecular weight excluding hydrogens is 280 g/mol. The first kappa shape index (κ1) is 14.5. The van der Waals surface area contributed by atoms with Crippen LogP contribution >= 0.6 is 11.3 Å². The summed E-state index contributed by atoms with van der Waals surface area (Å²) in [6.07, 6.45) is 2.61. The summed E-state index contributed by atoms with van der Waals surface area (Å²) in [7, 11) is 0. The average molecular weight is 302 g/mol. The van der Waals surface area contributed by atoms with Crippen LogP contribution in [0.15, 0.2) is 24.3 Å². The lowest BCUT2D eigenvalue weighted by Gasteiger charge is -2.28. The topological polar surface area (TPSA) is 41.1 Å². The largest absolute Gasteiger partial charge is 0.358 e. The molecule has 0 radical (unpaired) electrons. The van der Waals surface area contributed by atoms with Gasteiger partial charge >= 0.3 is 0 Å². The number of nitrogens with one attached hydrogen (secondary N) is 1. The van der Waals surface area contributed by atoms with E-state index >= 15 is 0 Å². The molecule has 1 aliphatic rings. The van der Waals surface area contributed by atoms with Crippen molar-refractivity contribution < 1.29 is 0 Å². The minimum absolute atomic E-state index is 0.414. The maximum Gasteiger partial charge on any atom is 0.205 e. The lowest BCUT2D eigenvalue weighted by atomic mass is 10.0. The molecule has 1 aliphatic heterocycles. The Morgan fingerprint density at radius 2 is 1.86 bits per heavy atom. The van der Waals surface area contributed by atoms with E-state index in [-0.39, 0.29) is 0 Å². The van der Waals surface area contributed by atoms with Gasteiger partial charge in [0.25, 0.3) is 0 Å². The van der Waals surface area contributed by atoms with Crippen molar-refractivity contribution in [3.8, 4) is 0 Å². The molecule has 0 bridgehead atoms. The van der Waals surface area contributed by atoms with E-state index in [4.69, 9.17) is 0 Å². The van der Waals surface area contributed by atoms with Crippen LogP contribution in [0, 0.1) is 13.8 Å². The normalized spacial score (nSPS) is 17.0. The van der Waals surface area contributed by atoms with E-state index in [9.17, 15) is 0 Å².